The Balaban J connectivity index is 2.04. The number of hydrogen-bond donors (Lipinski definition) is 4. The van der Waals surface area contributed by atoms with E-state index >= 15 is 0 Å². The summed E-state index contributed by atoms with van der Waals surface area (Å²) < 4.78 is 10.3. The number of likely N-dealkylation sites (tertiary alicyclic amines) is 1. The highest BCUT2D eigenvalue weighted by atomic mass is 16.5. The SMILES string of the molecule is CCCOC(=O)NCCCCC(NC(CCc1ccccc1)C(=O)O)C(=O)N1CCCC1C(=O)OCCCCO. The third kappa shape index (κ3) is 11.9. The first-order valence-electron chi connectivity index (χ1n) is 14.4. The molecule has 0 radical (unpaired) electrons. The molecule has 40 heavy (non-hydrogen) atoms. The van der Waals surface area contributed by atoms with Crippen LogP contribution in [-0.4, -0.2) is 90.1 Å². The molecule has 0 spiro atoms. The number of aliphatic carboxylic acids is 1. The number of carbonyl (C=O) groups excluding carboxylic acids is 3. The molecule has 11 heteroatoms. The van der Waals surface area contributed by atoms with Crippen molar-refractivity contribution in [2.24, 2.45) is 0 Å². The molecule has 2 rings (SSSR count). The minimum Gasteiger partial charge on any atom is -0.480 e. The number of rotatable bonds is 19. The molecule has 224 valence electrons. The van der Waals surface area contributed by atoms with Crippen LogP contribution in [0.15, 0.2) is 30.3 Å². The third-order valence-corrected chi connectivity index (χ3v) is 6.79. The molecule has 3 unspecified atom stereocenters. The van der Waals surface area contributed by atoms with Gasteiger partial charge in [-0.25, -0.2) is 9.59 Å². The Morgan fingerprint density at radius 2 is 1.77 bits per heavy atom. The quantitative estimate of drug-likeness (QED) is 0.147. The van der Waals surface area contributed by atoms with E-state index in [1.54, 1.807) is 0 Å². The van der Waals surface area contributed by atoms with E-state index in [0.717, 1.165) is 12.0 Å². The Morgan fingerprint density at radius 1 is 1.00 bits per heavy atom. The van der Waals surface area contributed by atoms with Crippen molar-refractivity contribution in [3.63, 3.8) is 0 Å². The van der Waals surface area contributed by atoms with Gasteiger partial charge < -0.3 is 29.9 Å². The Morgan fingerprint density at radius 3 is 2.48 bits per heavy atom. The molecule has 4 N–H and O–H groups in total. The topological polar surface area (TPSA) is 154 Å². The van der Waals surface area contributed by atoms with Crippen molar-refractivity contribution >= 4 is 23.9 Å². The lowest BCUT2D eigenvalue weighted by molar-refractivity contribution is -0.154. The number of esters is 1. The van der Waals surface area contributed by atoms with Gasteiger partial charge in [-0.2, -0.15) is 0 Å². The number of benzene rings is 1. The van der Waals surface area contributed by atoms with Crippen molar-refractivity contribution in [1.82, 2.24) is 15.5 Å². The van der Waals surface area contributed by atoms with E-state index in [9.17, 15) is 24.3 Å². The van der Waals surface area contributed by atoms with Crippen LogP contribution in [0.25, 0.3) is 0 Å². The van der Waals surface area contributed by atoms with Crippen LogP contribution >= 0.6 is 0 Å². The van der Waals surface area contributed by atoms with Gasteiger partial charge in [-0.3, -0.25) is 14.9 Å². The molecule has 0 aromatic heterocycles. The number of carboxylic acid groups (broad SMARTS) is 1. The minimum atomic E-state index is -1.05. The first-order chi connectivity index (χ1) is 19.4. The van der Waals surface area contributed by atoms with Crippen LogP contribution < -0.4 is 10.6 Å². The molecule has 1 aromatic rings. The van der Waals surface area contributed by atoms with Crippen LogP contribution in [-0.2, 0) is 30.3 Å². The van der Waals surface area contributed by atoms with Crippen molar-refractivity contribution in [3.05, 3.63) is 35.9 Å². The van der Waals surface area contributed by atoms with Gasteiger partial charge in [-0.1, -0.05) is 37.3 Å². The molecule has 2 amide bonds. The van der Waals surface area contributed by atoms with Gasteiger partial charge in [0, 0.05) is 19.7 Å². The fraction of sp³-hybridized carbons (Fsp3) is 0.655. The summed E-state index contributed by atoms with van der Waals surface area (Å²) in [5, 5.41) is 24.6. The maximum atomic E-state index is 13.7. The number of ether oxygens (including phenoxy) is 2. The Labute approximate surface area is 236 Å². The number of nitrogens with zero attached hydrogens (tertiary/aromatic N) is 1. The zero-order valence-corrected chi connectivity index (χ0v) is 23.5. The molecule has 1 heterocycles. The molecular formula is C29H45N3O8. The summed E-state index contributed by atoms with van der Waals surface area (Å²) in [4.78, 5) is 51.7. The van der Waals surface area contributed by atoms with Gasteiger partial charge in [0.05, 0.1) is 19.3 Å². The van der Waals surface area contributed by atoms with E-state index < -0.39 is 36.2 Å². The number of aliphatic hydroxyl groups is 1. The molecule has 0 aliphatic carbocycles. The second kappa shape index (κ2) is 19.0. The molecule has 1 saturated heterocycles. The summed E-state index contributed by atoms with van der Waals surface area (Å²) in [5.41, 5.74) is 1.00. The van der Waals surface area contributed by atoms with Crippen molar-refractivity contribution in [1.29, 1.82) is 0 Å². The zero-order valence-electron chi connectivity index (χ0n) is 23.5. The van der Waals surface area contributed by atoms with Gasteiger partial charge in [0.2, 0.25) is 5.91 Å². The van der Waals surface area contributed by atoms with Gasteiger partial charge in [0.15, 0.2) is 0 Å². The van der Waals surface area contributed by atoms with Crippen molar-refractivity contribution < 1.29 is 38.9 Å². The largest absolute Gasteiger partial charge is 0.480 e. The van der Waals surface area contributed by atoms with Crippen molar-refractivity contribution in [2.45, 2.75) is 89.3 Å². The number of aryl methyl sites for hydroxylation is 1. The Hall–Kier alpha value is -3.18. The van der Waals surface area contributed by atoms with Crippen LogP contribution in [0.1, 0.15) is 70.3 Å². The van der Waals surface area contributed by atoms with Gasteiger partial charge in [0.25, 0.3) is 0 Å². The van der Waals surface area contributed by atoms with Gasteiger partial charge in [0.1, 0.15) is 12.1 Å². The lowest BCUT2D eigenvalue weighted by Gasteiger charge is -2.30. The summed E-state index contributed by atoms with van der Waals surface area (Å²) in [5.74, 6) is -1.84. The van der Waals surface area contributed by atoms with Gasteiger partial charge >= 0.3 is 18.0 Å². The molecule has 3 atom stereocenters. The molecule has 0 saturated carbocycles. The average Bonchev–Trinajstić information content (AvgIpc) is 3.45. The molecule has 1 aliphatic rings. The number of alkyl carbamates (subject to hydrolysis) is 1. The molecule has 1 aliphatic heterocycles. The minimum absolute atomic E-state index is 0.0173. The highest BCUT2D eigenvalue weighted by Crippen LogP contribution is 2.21. The molecule has 1 fully saturated rings. The summed E-state index contributed by atoms with van der Waals surface area (Å²) in [6.07, 6.45) is 4.72. The molecule has 1 aromatic carbocycles. The van der Waals surface area contributed by atoms with Crippen molar-refractivity contribution in [3.8, 4) is 0 Å². The number of unbranched alkanes of at least 4 members (excludes halogenated alkanes) is 2. The molecule has 0 bridgehead atoms. The number of carboxylic acids is 1. The smallest absolute Gasteiger partial charge is 0.407 e. The second-order valence-corrected chi connectivity index (χ2v) is 9.98. The average molecular weight is 564 g/mol. The van der Waals surface area contributed by atoms with Crippen molar-refractivity contribution in [2.75, 3.05) is 32.9 Å². The van der Waals surface area contributed by atoms with E-state index in [4.69, 9.17) is 14.6 Å². The Kier molecular flexibility index (Phi) is 15.7. The van der Waals surface area contributed by atoms with Crippen LogP contribution in [0.3, 0.4) is 0 Å². The summed E-state index contributed by atoms with van der Waals surface area (Å²) in [6.45, 7) is 3.19. The fourth-order valence-corrected chi connectivity index (χ4v) is 4.62. The summed E-state index contributed by atoms with van der Waals surface area (Å²) in [7, 11) is 0. The maximum absolute atomic E-state index is 13.7. The molecular weight excluding hydrogens is 518 g/mol. The van der Waals surface area contributed by atoms with Gasteiger partial charge in [-0.05, 0) is 69.8 Å². The van der Waals surface area contributed by atoms with Crippen LogP contribution in [0, 0.1) is 0 Å². The third-order valence-electron chi connectivity index (χ3n) is 6.79. The second-order valence-electron chi connectivity index (χ2n) is 9.98. The normalized spacial score (nSPS) is 16.2. The summed E-state index contributed by atoms with van der Waals surface area (Å²) in [6, 6.07) is 7.07. The number of carbonyl (C=O) groups is 4. The first kappa shape index (κ1) is 33.0. The van der Waals surface area contributed by atoms with E-state index in [-0.39, 0.29) is 19.1 Å². The van der Waals surface area contributed by atoms with E-state index in [0.29, 0.717) is 77.5 Å². The lowest BCUT2D eigenvalue weighted by atomic mass is 10.0. The van der Waals surface area contributed by atoms with Crippen LogP contribution in [0.4, 0.5) is 4.79 Å². The molecule has 11 nitrogen and oxygen atoms in total. The predicted octanol–water partition coefficient (Wildman–Crippen LogP) is 2.64. The Bertz CT molecular complexity index is 914. The number of hydrogen-bond acceptors (Lipinski definition) is 8. The van der Waals surface area contributed by atoms with Crippen LogP contribution in [0.2, 0.25) is 0 Å². The fourth-order valence-electron chi connectivity index (χ4n) is 4.62. The predicted molar refractivity (Wildman–Crippen MR) is 149 cm³/mol. The van der Waals surface area contributed by atoms with E-state index in [1.807, 2.05) is 37.3 Å². The monoisotopic (exact) mass is 563 g/mol. The van der Waals surface area contributed by atoms with Gasteiger partial charge in [-0.15, -0.1) is 0 Å². The summed E-state index contributed by atoms with van der Waals surface area (Å²) >= 11 is 0. The van der Waals surface area contributed by atoms with E-state index in [1.165, 1.54) is 4.90 Å². The maximum Gasteiger partial charge on any atom is 0.407 e. The number of amides is 2. The van der Waals surface area contributed by atoms with E-state index in [2.05, 4.69) is 10.6 Å². The lowest BCUT2D eigenvalue weighted by Crippen LogP contribution is -2.54. The first-order valence-corrected chi connectivity index (χ1v) is 14.4. The highest BCUT2D eigenvalue weighted by molar-refractivity contribution is 5.88. The standard InChI is InChI=1S/C29H45N3O8/c1-2-20-40-29(38)30-17-7-6-13-23(31-24(27(35)36)16-15-22-11-4-3-5-12-22)26(34)32-18-10-14-25(32)28(37)39-21-9-8-19-33/h3-5,11-12,23-25,31,33H,2,6-10,13-21H2,1H3,(H,30,38)(H,35,36). The zero-order chi connectivity index (χ0) is 29.2. The highest BCUT2D eigenvalue weighted by Gasteiger charge is 2.39. The number of aliphatic hydroxyl groups excluding tert-OH is 1. The van der Waals surface area contributed by atoms with Crippen LogP contribution in [0.5, 0.6) is 0 Å². The number of nitrogens with one attached hydrogen (secondary N) is 2.